The number of aromatic nitrogens is 2. The first-order chi connectivity index (χ1) is 13.6. The van der Waals surface area contributed by atoms with Crippen molar-refractivity contribution >= 4 is 29.1 Å². The Bertz CT molecular complexity index is 987. The normalized spacial score (nSPS) is 10.2. The number of nitrogens with one attached hydrogen (secondary N) is 2. The Morgan fingerprint density at radius 2 is 1.79 bits per heavy atom. The van der Waals surface area contributed by atoms with Gasteiger partial charge < -0.3 is 15.4 Å². The summed E-state index contributed by atoms with van der Waals surface area (Å²) in [6.45, 7) is 4.00. The van der Waals surface area contributed by atoms with Crippen molar-refractivity contribution in [3.05, 3.63) is 77.7 Å². The van der Waals surface area contributed by atoms with E-state index in [4.69, 9.17) is 4.74 Å². The Morgan fingerprint density at radius 3 is 2.54 bits per heavy atom. The monoisotopic (exact) mass is 376 g/mol. The quantitative estimate of drug-likeness (QED) is 0.633. The lowest BCUT2D eigenvalue weighted by Gasteiger charge is -2.11. The molecule has 1 aromatic heterocycles. The minimum Gasteiger partial charge on any atom is -0.462 e. The largest absolute Gasteiger partial charge is 0.462 e. The van der Waals surface area contributed by atoms with Crippen LogP contribution in [-0.4, -0.2) is 28.5 Å². The van der Waals surface area contributed by atoms with Crippen LogP contribution in [-0.2, 0) is 4.74 Å². The number of aryl methyl sites for hydroxylation is 1. The predicted octanol–water partition coefficient (Wildman–Crippen LogP) is 3.96. The standard InChI is InChI=1S/C21H20N4O3/c1-3-28-21(27)16-6-4-5-7-17(16)25-19-12-18(22-13-23-19)20(26)24-15-10-8-14(2)9-11-15/h4-13H,3H2,1-2H3,(H,24,26)(H,22,23,25). The minimum absolute atomic E-state index is 0.201. The highest BCUT2D eigenvalue weighted by molar-refractivity contribution is 6.03. The van der Waals surface area contributed by atoms with E-state index >= 15 is 0 Å². The Hall–Kier alpha value is -3.74. The van der Waals surface area contributed by atoms with Gasteiger partial charge in [0.15, 0.2) is 0 Å². The molecule has 7 nitrogen and oxygen atoms in total. The van der Waals surface area contributed by atoms with Crippen LogP contribution in [0.15, 0.2) is 60.9 Å². The molecule has 2 aromatic carbocycles. The molecule has 0 fully saturated rings. The fraction of sp³-hybridized carbons (Fsp3) is 0.143. The summed E-state index contributed by atoms with van der Waals surface area (Å²) in [4.78, 5) is 32.7. The van der Waals surface area contributed by atoms with Crippen molar-refractivity contribution in [3.8, 4) is 0 Å². The van der Waals surface area contributed by atoms with E-state index in [9.17, 15) is 9.59 Å². The van der Waals surface area contributed by atoms with Gasteiger partial charge in [-0.2, -0.15) is 0 Å². The third-order valence-electron chi connectivity index (χ3n) is 3.89. The van der Waals surface area contributed by atoms with Crippen molar-refractivity contribution in [2.75, 3.05) is 17.2 Å². The molecule has 0 aliphatic rings. The molecule has 7 heteroatoms. The lowest BCUT2D eigenvalue weighted by atomic mass is 10.2. The van der Waals surface area contributed by atoms with E-state index in [1.807, 2.05) is 31.2 Å². The van der Waals surface area contributed by atoms with E-state index in [0.717, 1.165) is 5.56 Å². The first-order valence-electron chi connectivity index (χ1n) is 8.80. The molecule has 2 N–H and O–H groups in total. The van der Waals surface area contributed by atoms with Gasteiger partial charge in [0, 0.05) is 11.8 Å². The highest BCUT2D eigenvalue weighted by Gasteiger charge is 2.14. The number of esters is 1. The molecule has 0 bridgehead atoms. The summed E-state index contributed by atoms with van der Waals surface area (Å²) < 4.78 is 5.07. The second kappa shape index (κ2) is 8.77. The van der Waals surface area contributed by atoms with Crippen LogP contribution in [0.2, 0.25) is 0 Å². The van der Waals surface area contributed by atoms with E-state index in [1.165, 1.54) is 12.4 Å². The van der Waals surface area contributed by atoms with Gasteiger partial charge in [-0.05, 0) is 38.1 Å². The SMILES string of the molecule is CCOC(=O)c1ccccc1Nc1cc(C(=O)Nc2ccc(C)cc2)ncn1. The molecular formula is C21H20N4O3. The summed E-state index contributed by atoms with van der Waals surface area (Å²) in [6, 6.07) is 15.9. The van der Waals surface area contributed by atoms with Crippen LogP contribution < -0.4 is 10.6 Å². The second-order valence-corrected chi connectivity index (χ2v) is 6.00. The number of ether oxygens (including phenoxy) is 1. The molecule has 0 atom stereocenters. The van der Waals surface area contributed by atoms with Gasteiger partial charge in [-0.25, -0.2) is 14.8 Å². The van der Waals surface area contributed by atoms with Crippen LogP contribution in [0, 0.1) is 6.92 Å². The molecule has 3 aromatic rings. The summed E-state index contributed by atoms with van der Waals surface area (Å²) in [7, 11) is 0. The van der Waals surface area contributed by atoms with Gasteiger partial charge in [-0.1, -0.05) is 29.8 Å². The van der Waals surface area contributed by atoms with Crippen LogP contribution >= 0.6 is 0 Å². The van der Waals surface area contributed by atoms with Crippen LogP contribution in [0.3, 0.4) is 0 Å². The lowest BCUT2D eigenvalue weighted by Crippen LogP contribution is -2.14. The molecule has 0 saturated heterocycles. The molecule has 0 spiro atoms. The van der Waals surface area contributed by atoms with Crippen molar-refractivity contribution in [1.29, 1.82) is 0 Å². The second-order valence-electron chi connectivity index (χ2n) is 6.00. The van der Waals surface area contributed by atoms with Crippen LogP contribution in [0.25, 0.3) is 0 Å². The number of nitrogens with zero attached hydrogens (tertiary/aromatic N) is 2. The average molecular weight is 376 g/mol. The molecule has 1 heterocycles. The zero-order valence-corrected chi connectivity index (χ0v) is 15.6. The molecule has 3 rings (SSSR count). The fourth-order valence-corrected chi connectivity index (χ4v) is 2.50. The third-order valence-corrected chi connectivity index (χ3v) is 3.89. The highest BCUT2D eigenvalue weighted by Crippen LogP contribution is 2.21. The molecule has 1 amide bonds. The Balaban J connectivity index is 1.78. The molecule has 0 saturated carbocycles. The van der Waals surface area contributed by atoms with Gasteiger partial charge in [-0.15, -0.1) is 0 Å². The minimum atomic E-state index is -0.433. The van der Waals surface area contributed by atoms with Gasteiger partial charge >= 0.3 is 5.97 Å². The van der Waals surface area contributed by atoms with E-state index in [0.29, 0.717) is 22.8 Å². The van der Waals surface area contributed by atoms with Crippen molar-refractivity contribution in [1.82, 2.24) is 9.97 Å². The maximum atomic E-state index is 12.5. The number of para-hydroxylation sites is 1. The van der Waals surface area contributed by atoms with Crippen molar-refractivity contribution in [2.45, 2.75) is 13.8 Å². The van der Waals surface area contributed by atoms with Crippen molar-refractivity contribution in [3.63, 3.8) is 0 Å². The average Bonchev–Trinajstić information content (AvgIpc) is 2.70. The number of amides is 1. The molecule has 0 radical (unpaired) electrons. The predicted molar refractivity (Wildman–Crippen MR) is 107 cm³/mol. The number of carbonyl (C=O) groups excluding carboxylic acids is 2. The Kier molecular flexibility index (Phi) is 5.96. The smallest absolute Gasteiger partial charge is 0.340 e. The third kappa shape index (κ3) is 4.70. The molecule has 28 heavy (non-hydrogen) atoms. The summed E-state index contributed by atoms with van der Waals surface area (Å²) in [6.07, 6.45) is 1.29. The zero-order chi connectivity index (χ0) is 19.9. The van der Waals surface area contributed by atoms with Crippen LogP contribution in [0.5, 0.6) is 0 Å². The molecule has 0 aliphatic carbocycles. The van der Waals surface area contributed by atoms with E-state index < -0.39 is 5.97 Å². The summed E-state index contributed by atoms with van der Waals surface area (Å²) in [5.74, 6) is -0.397. The fourth-order valence-electron chi connectivity index (χ4n) is 2.50. The van der Waals surface area contributed by atoms with Gasteiger partial charge in [0.05, 0.1) is 17.9 Å². The van der Waals surface area contributed by atoms with E-state index in [2.05, 4.69) is 20.6 Å². The number of benzene rings is 2. The summed E-state index contributed by atoms with van der Waals surface area (Å²) >= 11 is 0. The number of hydrogen-bond donors (Lipinski definition) is 2. The summed E-state index contributed by atoms with van der Waals surface area (Å²) in [5, 5.41) is 5.84. The Labute approximate surface area is 162 Å². The lowest BCUT2D eigenvalue weighted by molar-refractivity contribution is 0.0527. The first kappa shape index (κ1) is 19.0. The summed E-state index contributed by atoms with van der Waals surface area (Å²) in [5.41, 5.74) is 2.90. The van der Waals surface area contributed by atoms with Crippen molar-refractivity contribution < 1.29 is 14.3 Å². The van der Waals surface area contributed by atoms with Crippen LogP contribution in [0.1, 0.15) is 33.3 Å². The number of rotatable bonds is 6. The molecular weight excluding hydrogens is 356 g/mol. The number of anilines is 3. The topological polar surface area (TPSA) is 93.2 Å². The van der Waals surface area contributed by atoms with Crippen LogP contribution in [0.4, 0.5) is 17.2 Å². The van der Waals surface area contributed by atoms with Crippen molar-refractivity contribution in [2.24, 2.45) is 0 Å². The highest BCUT2D eigenvalue weighted by atomic mass is 16.5. The zero-order valence-electron chi connectivity index (χ0n) is 15.6. The maximum absolute atomic E-state index is 12.5. The molecule has 142 valence electrons. The van der Waals surface area contributed by atoms with Gasteiger partial charge in [0.25, 0.3) is 5.91 Å². The van der Waals surface area contributed by atoms with E-state index in [1.54, 1.807) is 31.2 Å². The van der Waals surface area contributed by atoms with Gasteiger partial charge in [-0.3, -0.25) is 4.79 Å². The number of carbonyl (C=O) groups is 2. The Morgan fingerprint density at radius 1 is 1.04 bits per heavy atom. The van der Waals surface area contributed by atoms with Gasteiger partial charge in [0.1, 0.15) is 17.8 Å². The molecule has 0 aliphatic heterocycles. The first-order valence-corrected chi connectivity index (χ1v) is 8.80. The maximum Gasteiger partial charge on any atom is 0.340 e. The molecule has 0 unspecified atom stereocenters. The van der Waals surface area contributed by atoms with E-state index in [-0.39, 0.29) is 18.2 Å². The van der Waals surface area contributed by atoms with Gasteiger partial charge in [0.2, 0.25) is 0 Å². The number of hydrogen-bond acceptors (Lipinski definition) is 6.